The Morgan fingerprint density at radius 3 is 2.35 bits per heavy atom. The van der Waals surface area contributed by atoms with Crippen molar-refractivity contribution in [1.29, 1.82) is 0 Å². The van der Waals surface area contributed by atoms with E-state index in [0.29, 0.717) is 42.8 Å². The molecular formula is C32H36F2N6O5S. The number of hydrogen-bond acceptors (Lipinski definition) is 7. The molecule has 1 aliphatic rings. The first-order valence-electron chi connectivity index (χ1n) is 14.8. The van der Waals surface area contributed by atoms with Crippen molar-refractivity contribution in [2.75, 3.05) is 49.4 Å². The number of anilines is 2. The fraction of sp³-hybridized carbons (Fsp3) is 0.344. The number of carbonyl (C=O) groups excluding carboxylic acids is 2. The number of amides is 1. The van der Waals surface area contributed by atoms with Crippen LogP contribution in [0.25, 0.3) is 22.2 Å². The molecule has 14 heteroatoms. The number of aromatic amines is 1. The number of carbonyl (C=O) groups is 2. The SMILES string of the molecule is CCN(C)S(=O)(=O)Nc1ccc(F)c(C(=O)c2c[nH]c3ncc(-c4ccc(N5CCN(C(=O)OC(C)(C)C)CC5)cc4)cc23)c1F. The van der Waals surface area contributed by atoms with Gasteiger partial charge in [-0.3, -0.25) is 9.52 Å². The Bertz CT molecular complexity index is 1880. The number of nitrogens with zero attached hydrogens (tertiary/aromatic N) is 4. The summed E-state index contributed by atoms with van der Waals surface area (Å²) < 4.78 is 63.8. The summed E-state index contributed by atoms with van der Waals surface area (Å²) in [7, 11) is -2.82. The lowest BCUT2D eigenvalue weighted by molar-refractivity contribution is 0.0240. The zero-order valence-corrected chi connectivity index (χ0v) is 27.0. The molecule has 0 spiro atoms. The summed E-state index contributed by atoms with van der Waals surface area (Å²) in [6.45, 7) is 9.59. The number of nitrogens with one attached hydrogen (secondary N) is 2. The second-order valence-corrected chi connectivity index (χ2v) is 13.7. The third kappa shape index (κ3) is 6.82. The summed E-state index contributed by atoms with van der Waals surface area (Å²) >= 11 is 0. The maximum Gasteiger partial charge on any atom is 0.410 e. The van der Waals surface area contributed by atoms with Crippen molar-refractivity contribution in [3.63, 3.8) is 0 Å². The first kappa shape index (κ1) is 32.8. The maximum absolute atomic E-state index is 15.5. The highest BCUT2D eigenvalue weighted by atomic mass is 32.2. The Kier molecular flexibility index (Phi) is 9.05. The minimum atomic E-state index is -4.12. The Morgan fingerprint density at radius 2 is 1.72 bits per heavy atom. The molecule has 11 nitrogen and oxygen atoms in total. The zero-order chi connectivity index (χ0) is 33.4. The van der Waals surface area contributed by atoms with Crippen LogP contribution in [0.15, 0.2) is 54.9 Å². The normalized spacial score (nSPS) is 14.2. The highest BCUT2D eigenvalue weighted by molar-refractivity contribution is 7.90. The van der Waals surface area contributed by atoms with Gasteiger partial charge in [0, 0.05) is 74.4 Å². The van der Waals surface area contributed by atoms with Gasteiger partial charge in [-0.25, -0.2) is 18.6 Å². The van der Waals surface area contributed by atoms with Crippen LogP contribution in [0.1, 0.15) is 43.6 Å². The van der Waals surface area contributed by atoms with Gasteiger partial charge in [0.05, 0.1) is 11.3 Å². The van der Waals surface area contributed by atoms with E-state index in [2.05, 4.69) is 19.6 Å². The monoisotopic (exact) mass is 654 g/mol. The van der Waals surface area contributed by atoms with Crippen molar-refractivity contribution < 1.29 is 31.5 Å². The summed E-state index contributed by atoms with van der Waals surface area (Å²) in [5, 5.41) is 0.348. The summed E-state index contributed by atoms with van der Waals surface area (Å²) in [4.78, 5) is 37.1. The minimum absolute atomic E-state index is 0.0210. The summed E-state index contributed by atoms with van der Waals surface area (Å²) in [5.74, 6) is -3.42. The number of pyridine rings is 1. The van der Waals surface area contributed by atoms with Gasteiger partial charge in [-0.1, -0.05) is 19.1 Å². The second-order valence-electron chi connectivity index (χ2n) is 12.0. The number of aromatic nitrogens is 2. The molecule has 0 radical (unpaired) electrons. The molecule has 0 unspecified atom stereocenters. The Hall–Kier alpha value is -4.56. The number of ether oxygens (including phenoxy) is 1. The number of fused-ring (bicyclic) bond motifs is 1. The van der Waals surface area contributed by atoms with Gasteiger partial charge in [0.25, 0.3) is 0 Å². The summed E-state index contributed by atoms with van der Waals surface area (Å²) in [6, 6.07) is 11.2. The lowest BCUT2D eigenvalue weighted by Crippen LogP contribution is -2.50. The van der Waals surface area contributed by atoms with Gasteiger partial charge < -0.3 is 19.5 Å². The van der Waals surface area contributed by atoms with Crippen LogP contribution in [0.4, 0.5) is 25.0 Å². The number of piperazine rings is 1. The Balaban J connectivity index is 1.36. The van der Waals surface area contributed by atoms with Crippen molar-refractivity contribution in [2.24, 2.45) is 0 Å². The third-order valence-corrected chi connectivity index (χ3v) is 9.24. The molecule has 0 saturated carbocycles. The number of ketones is 1. The number of H-pyrrole nitrogens is 1. The van der Waals surface area contributed by atoms with Crippen molar-refractivity contribution in [1.82, 2.24) is 19.2 Å². The number of benzene rings is 2. The van der Waals surface area contributed by atoms with E-state index >= 15 is 4.39 Å². The van der Waals surface area contributed by atoms with E-state index in [0.717, 1.165) is 27.7 Å². The van der Waals surface area contributed by atoms with Crippen LogP contribution in [-0.2, 0) is 14.9 Å². The second kappa shape index (κ2) is 12.7. The van der Waals surface area contributed by atoms with E-state index in [4.69, 9.17) is 4.74 Å². The first-order valence-corrected chi connectivity index (χ1v) is 16.2. The average molecular weight is 655 g/mol. The lowest BCUT2D eigenvalue weighted by atomic mass is 9.99. The largest absolute Gasteiger partial charge is 0.444 e. The van der Waals surface area contributed by atoms with Crippen molar-refractivity contribution in [2.45, 2.75) is 33.3 Å². The van der Waals surface area contributed by atoms with Gasteiger partial charge in [-0.05, 0) is 56.7 Å². The molecule has 1 saturated heterocycles. The zero-order valence-electron chi connectivity index (χ0n) is 26.2. The Labute approximate surface area is 266 Å². The molecule has 46 heavy (non-hydrogen) atoms. The predicted molar refractivity (Wildman–Crippen MR) is 172 cm³/mol. The van der Waals surface area contributed by atoms with E-state index in [-0.39, 0.29) is 18.2 Å². The molecule has 0 aliphatic carbocycles. The fourth-order valence-corrected chi connectivity index (χ4v) is 5.98. The van der Waals surface area contributed by atoms with E-state index in [1.807, 2.05) is 45.0 Å². The molecule has 0 atom stereocenters. The average Bonchev–Trinajstić information content (AvgIpc) is 3.45. The molecule has 5 rings (SSSR count). The lowest BCUT2D eigenvalue weighted by Gasteiger charge is -2.36. The summed E-state index contributed by atoms with van der Waals surface area (Å²) in [6.07, 6.45) is 2.63. The van der Waals surface area contributed by atoms with E-state index in [1.54, 1.807) is 24.1 Å². The Morgan fingerprint density at radius 1 is 1.04 bits per heavy atom. The summed E-state index contributed by atoms with van der Waals surface area (Å²) in [5.41, 5.74) is 0.789. The standard InChI is InChI=1S/C32H36F2N6O5S/c1-6-38(5)46(43,44)37-26-12-11-25(33)27(28(26)34)29(41)24-19-36-30-23(24)17-21(18-35-30)20-7-9-22(10-8-20)39-13-15-40(16-14-39)31(42)45-32(2,3)4/h7-12,17-19,37H,6,13-16H2,1-5H3,(H,35,36). The number of rotatable bonds is 8. The molecular weight excluding hydrogens is 618 g/mol. The van der Waals surface area contributed by atoms with Crippen molar-refractivity contribution in [3.05, 3.63) is 77.6 Å². The van der Waals surface area contributed by atoms with Crippen LogP contribution in [0, 0.1) is 11.6 Å². The molecule has 1 aliphatic heterocycles. The van der Waals surface area contributed by atoms with Gasteiger partial charge >= 0.3 is 16.3 Å². The number of halogens is 2. The smallest absolute Gasteiger partial charge is 0.410 e. The van der Waals surface area contributed by atoms with Crippen LogP contribution in [-0.4, -0.2) is 84.8 Å². The minimum Gasteiger partial charge on any atom is -0.444 e. The molecule has 2 aromatic heterocycles. The molecule has 1 amide bonds. The molecule has 2 N–H and O–H groups in total. The highest BCUT2D eigenvalue weighted by Crippen LogP contribution is 2.31. The molecule has 244 valence electrons. The van der Waals surface area contributed by atoms with Crippen LogP contribution in [0.5, 0.6) is 0 Å². The highest BCUT2D eigenvalue weighted by Gasteiger charge is 2.28. The van der Waals surface area contributed by atoms with Crippen LogP contribution in [0.2, 0.25) is 0 Å². The van der Waals surface area contributed by atoms with Crippen molar-refractivity contribution >= 4 is 44.5 Å². The van der Waals surface area contributed by atoms with Gasteiger partial charge in [0.15, 0.2) is 5.82 Å². The van der Waals surface area contributed by atoms with E-state index in [9.17, 15) is 22.4 Å². The molecule has 2 aromatic carbocycles. The van der Waals surface area contributed by atoms with E-state index in [1.165, 1.54) is 13.2 Å². The first-order chi connectivity index (χ1) is 21.7. The van der Waals surface area contributed by atoms with Gasteiger partial charge in [0.1, 0.15) is 17.1 Å². The van der Waals surface area contributed by atoms with E-state index < -0.39 is 44.5 Å². The van der Waals surface area contributed by atoms with Gasteiger partial charge in [0.2, 0.25) is 5.78 Å². The van der Waals surface area contributed by atoms with Crippen molar-refractivity contribution in [3.8, 4) is 11.1 Å². The van der Waals surface area contributed by atoms with Crippen LogP contribution < -0.4 is 9.62 Å². The van der Waals surface area contributed by atoms with Crippen LogP contribution in [0.3, 0.4) is 0 Å². The maximum atomic E-state index is 15.5. The molecule has 0 bridgehead atoms. The molecule has 3 heterocycles. The van der Waals surface area contributed by atoms with Gasteiger partial charge in [-0.15, -0.1) is 0 Å². The number of hydrogen-bond donors (Lipinski definition) is 2. The molecule has 1 fully saturated rings. The fourth-order valence-electron chi connectivity index (χ4n) is 5.05. The predicted octanol–water partition coefficient (Wildman–Crippen LogP) is 5.40. The van der Waals surface area contributed by atoms with Crippen LogP contribution >= 0.6 is 0 Å². The quantitative estimate of drug-likeness (QED) is 0.244. The third-order valence-electron chi connectivity index (χ3n) is 7.69. The van der Waals surface area contributed by atoms with Gasteiger partial charge in [-0.2, -0.15) is 12.7 Å². The topological polar surface area (TPSA) is 128 Å². The molecule has 4 aromatic rings.